The topological polar surface area (TPSA) is 50.2 Å². The predicted octanol–water partition coefficient (Wildman–Crippen LogP) is 4.14. The molecule has 6 heteroatoms. The lowest BCUT2D eigenvalue weighted by Gasteiger charge is -2.26. The summed E-state index contributed by atoms with van der Waals surface area (Å²) < 4.78 is 2.62. The Morgan fingerprint density at radius 2 is 1.84 bits per heavy atom. The third kappa shape index (κ3) is 9.40. The largest absolute Gasteiger partial charge is 0.351 e. The minimum atomic E-state index is 0.0181. The molecule has 0 aromatic carbocycles. The van der Waals surface area contributed by atoms with E-state index in [4.69, 9.17) is 0 Å². The molecule has 0 bridgehead atoms. The summed E-state index contributed by atoms with van der Waals surface area (Å²) in [6, 6.07) is 0.149. The molecule has 0 saturated heterocycles. The van der Waals surface area contributed by atoms with Crippen LogP contribution in [0.1, 0.15) is 65.0 Å². The fraction of sp³-hybridized carbons (Fsp3) is 0.789. The second kappa shape index (κ2) is 12.5. The average molecular weight is 415 g/mol. The van der Waals surface area contributed by atoms with Crippen LogP contribution in [0.2, 0.25) is 0 Å². The molecule has 1 aromatic rings. The highest BCUT2D eigenvalue weighted by molar-refractivity contribution is 9.10. The number of nitrogens with zero attached hydrogens (tertiary/aromatic N) is 3. The monoisotopic (exact) mass is 414 g/mol. The van der Waals surface area contributed by atoms with Crippen molar-refractivity contribution in [3.8, 4) is 0 Å². The van der Waals surface area contributed by atoms with E-state index in [0.29, 0.717) is 0 Å². The summed E-state index contributed by atoms with van der Waals surface area (Å²) >= 11 is 3.43. The van der Waals surface area contributed by atoms with E-state index in [1.54, 1.807) is 4.68 Å². The van der Waals surface area contributed by atoms with Gasteiger partial charge in [-0.05, 0) is 55.7 Å². The molecule has 25 heavy (non-hydrogen) atoms. The Bertz CT molecular complexity index is 474. The normalized spacial score (nSPS) is 12.6. The zero-order valence-electron chi connectivity index (χ0n) is 16.4. The fourth-order valence-electron chi connectivity index (χ4n) is 2.94. The molecule has 144 valence electrons. The van der Waals surface area contributed by atoms with Crippen molar-refractivity contribution >= 4 is 21.8 Å². The molecular weight excluding hydrogens is 380 g/mol. The van der Waals surface area contributed by atoms with Gasteiger partial charge in [0.05, 0.1) is 10.2 Å². The van der Waals surface area contributed by atoms with Gasteiger partial charge in [-0.2, -0.15) is 5.10 Å². The van der Waals surface area contributed by atoms with E-state index >= 15 is 0 Å². The van der Waals surface area contributed by atoms with Crippen molar-refractivity contribution in [2.75, 3.05) is 19.6 Å². The molecule has 1 N–H and O–H groups in total. The third-order valence-electron chi connectivity index (χ3n) is 4.29. The van der Waals surface area contributed by atoms with E-state index in [1.807, 2.05) is 13.1 Å². The molecule has 0 saturated carbocycles. The minimum absolute atomic E-state index is 0.0181. The SMILES string of the molecule is CCCCCN(CCCCC)CC(C)NC(=O)Cn1cc(Br)c(C)n1. The summed E-state index contributed by atoms with van der Waals surface area (Å²) in [5, 5.41) is 7.43. The number of nitrogens with one attached hydrogen (secondary N) is 1. The predicted molar refractivity (Wildman–Crippen MR) is 108 cm³/mol. The number of amides is 1. The summed E-state index contributed by atoms with van der Waals surface area (Å²) in [6.45, 7) is 11.9. The molecule has 0 aliphatic rings. The zero-order valence-corrected chi connectivity index (χ0v) is 17.9. The number of carbonyl (C=O) groups is 1. The van der Waals surface area contributed by atoms with Crippen LogP contribution < -0.4 is 5.32 Å². The van der Waals surface area contributed by atoms with Gasteiger partial charge in [0.15, 0.2) is 0 Å². The van der Waals surface area contributed by atoms with Crippen molar-refractivity contribution in [3.63, 3.8) is 0 Å². The molecule has 0 aliphatic carbocycles. The molecule has 0 aliphatic heterocycles. The number of unbranched alkanes of at least 4 members (excludes halogenated alkanes) is 4. The standard InChI is InChI=1S/C19H35BrN4O/c1-5-7-9-11-23(12-10-8-6-2)13-16(3)21-19(25)15-24-14-18(20)17(4)22-24/h14,16H,5-13,15H2,1-4H3,(H,21,25). The van der Waals surface area contributed by atoms with Crippen molar-refractivity contribution < 1.29 is 4.79 Å². The summed E-state index contributed by atoms with van der Waals surface area (Å²) in [7, 11) is 0. The first-order valence-electron chi connectivity index (χ1n) is 9.67. The molecule has 0 radical (unpaired) electrons. The minimum Gasteiger partial charge on any atom is -0.351 e. The van der Waals surface area contributed by atoms with Crippen LogP contribution >= 0.6 is 15.9 Å². The Morgan fingerprint density at radius 1 is 1.24 bits per heavy atom. The van der Waals surface area contributed by atoms with E-state index in [1.165, 1.54) is 38.5 Å². The molecule has 0 spiro atoms. The van der Waals surface area contributed by atoms with Gasteiger partial charge in [0.1, 0.15) is 6.54 Å². The summed E-state index contributed by atoms with van der Waals surface area (Å²) in [5.74, 6) is 0.0181. The smallest absolute Gasteiger partial charge is 0.241 e. The first kappa shape index (κ1) is 22.2. The van der Waals surface area contributed by atoms with Crippen LogP contribution in [0, 0.1) is 6.92 Å². The lowest BCUT2D eigenvalue weighted by Crippen LogP contribution is -2.43. The summed E-state index contributed by atoms with van der Waals surface area (Å²) in [6.07, 6.45) is 9.37. The quantitative estimate of drug-likeness (QED) is 0.493. The zero-order chi connectivity index (χ0) is 18.7. The van der Waals surface area contributed by atoms with E-state index in [9.17, 15) is 4.79 Å². The molecule has 5 nitrogen and oxygen atoms in total. The maximum absolute atomic E-state index is 12.2. The van der Waals surface area contributed by atoms with Crippen LogP contribution in [0.5, 0.6) is 0 Å². The van der Waals surface area contributed by atoms with Crippen molar-refractivity contribution in [1.82, 2.24) is 20.0 Å². The van der Waals surface area contributed by atoms with Gasteiger partial charge in [0.2, 0.25) is 5.91 Å². The van der Waals surface area contributed by atoms with Crippen LogP contribution in [-0.4, -0.2) is 46.3 Å². The van der Waals surface area contributed by atoms with Crippen molar-refractivity contribution in [3.05, 3.63) is 16.4 Å². The molecular formula is C19H35BrN4O. The molecule has 0 fully saturated rings. The highest BCUT2D eigenvalue weighted by atomic mass is 79.9. The Morgan fingerprint density at radius 3 is 2.32 bits per heavy atom. The van der Waals surface area contributed by atoms with Crippen molar-refractivity contribution in [2.45, 2.75) is 78.8 Å². The van der Waals surface area contributed by atoms with Crippen LogP contribution in [0.15, 0.2) is 10.7 Å². The van der Waals surface area contributed by atoms with E-state index in [-0.39, 0.29) is 18.5 Å². The number of carbonyl (C=O) groups excluding carboxylic acids is 1. The first-order valence-corrected chi connectivity index (χ1v) is 10.5. The third-order valence-corrected chi connectivity index (χ3v) is 5.07. The van der Waals surface area contributed by atoms with Gasteiger partial charge in [-0.15, -0.1) is 0 Å². The average Bonchev–Trinajstić information content (AvgIpc) is 2.84. The number of hydrogen-bond acceptors (Lipinski definition) is 3. The molecule has 1 atom stereocenters. The number of halogens is 1. The number of aromatic nitrogens is 2. The molecule has 1 heterocycles. The van der Waals surface area contributed by atoms with Crippen LogP contribution in [0.4, 0.5) is 0 Å². The highest BCUT2D eigenvalue weighted by Gasteiger charge is 2.13. The first-order chi connectivity index (χ1) is 12.0. The lowest BCUT2D eigenvalue weighted by atomic mass is 10.2. The number of aryl methyl sites for hydroxylation is 1. The van der Waals surface area contributed by atoms with Crippen LogP contribution in [-0.2, 0) is 11.3 Å². The molecule has 1 rings (SSSR count). The maximum Gasteiger partial charge on any atom is 0.241 e. The van der Waals surface area contributed by atoms with Gasteiger partial charge in [-0.3, -0.25) is 9.48 Å². The van der Waals surface area contributed by atoms with Crippen LogP contribution in [0.25, 0.3) is 0 Å². The molecule has 1 unspecified atom stereocenters. The van der Waals surface area contributed by atoms with Gasteiger partial charge in [0.25, 0.3) is 0 Å². The van der Waals surface area contributed by atoms with Gasteiger partial charge >= 0.3 is 0 Å². The van der Waals surface area contributed by atoms with E-state index in [2.05, 4.69) is 52.0 Å². The molecule has 1 amide bonds. The highest BCUT2D eigenvalue weighted by Crippen LogP contribution is 2.12. The summed E-state index contributed by atoms with van der Waals surface area (Å²) in [4.78, 5) is 14.7. The van der Waals surface area contributed by atoms with Crippen LogP contribution in [0.3, 0.4) is 0 Å². The Labute approximate surface area is 161 Å². The number of hydrogen-bond donors (Lipinski definition) is 1. The van der Waals surface area contributed by atoms with Gasteiger partial charge in [-0.25, -0.2) is 0 Å². The van der Waals surface area contributed by atoms with Gasteiger partial charge in [-0.1, -0.05) is 39.5 Å². The van der Waals surface area contributed by atoms with E-state index < -0.39 is 0 Å². The number of rotatable bonds is 13. The van der Waals surface area contributed by atoms with Crippen molar-refractivity contribution in [1.29, 1.82) is 0 Å². The lowest BCUT2D eigenvalue weighted by molar-refractivity contribution is -0.122. The Balaban J connectivity index is 2.42. The van der Waals surface area contributed by atoms with Gasteiger partial charge < -0.3 is 10.2 Å². The Hall–Kier alpha value is -0.880. The fourth-order valence-corrected chi connectivity index (χ4v) is 3.26. The summed E-state index contributed by atoms with van der Waals surface area (Å²) in [5.41, 5.74) is 0.902. The Kier molecular flexibility index (Phi) is 11.1. The second-order valence-electron chi connectivity index (χ2n) is 6.94. The van der Waals surface area contributed by atoms with Crippen molar-refractivity contribution in [2.24, 2.45) is 0 Å². The molecule has 1 aromatic heterocycles. The van der Waals surface area contributed by atoms with E-state index in [0.717, 1.165) is 29.8 Å². The van der Waals surface area contributed by atoms with Gasteiger partial charge in [0, 0.05) is 18.8 Å². The second-order valence-corrected chi connectivity index (χ2v) is 7.80. The maximum atomic E-state index is 12.2.